The minimum atomic E-state index is -0.977. The zero-order valence-electron chi connectivity index (χ0n) is 27.5. The smallest absolute Gasteiger partial charge is 0.314 e. The van der Waals surface area contributed by atoms with Crippen LogP contribution < -0.4 is 20.1 Å². The van der Waals surface area contributed by atoms with Gasteiger partial charge in [-0.25, -0.2) is 4.98 Å². The first kappa shape index (κ1) is 33.7. The summed E-state index contributed by atoms with van der Waals surface area (Å²) in [5.74, 6) is 0.871. The molecule has 2 N–H and O–H groups in total. The standard InChI is InChI=1S/C35H45N5O7/c1-4-46-34(44)35(19-25-11-12-25)20-26-13-14-29(45-3)30(18-26)47-22-32(42)36-15-17-39(16-7-10-31(41)37-23-35)33(43)21-40-24(2)38-27-8-5-6-9-28(27)40/h5-6,8-9,13-14,18,25H,4,7,10-12,15-17,19-23H2,1-3H3,(H,36,42)(H,37,41). The topological polar surface area (TPSA) is 141 Å². The number of benzene rings is 2. The Labute approximate surface area is 275 Å². The maximum absolute atomic E-state index is 13.6. The lowest BCUT2D eigenvalue weighted by Crippen LogP contribution is -2.46. The molecule has 0 radical (unpaired) electrons. The molecular weight excluding hydrogens is 602 g/mol. The summed E-state index contributed by atoms with van der Waals surface area (Å²) in [6.45, 7) is 4.60. The van der Waals surface area contributed by atoms with Gasteiger partial charge in [-0.2, -0.15) is 0 Å². The minimum Gasteiger partial charge on any atom is -0.493 e. The Hall–Kier alpha value is -4.61. The first-order valence-electron chi connectivity index (χ1n) is 16.4. The largest absolute Gasteiger partial charge is 0.493 e. The summed E-state index contributed by atoms with van der Waals surface area (Å²) in [5.41, 5.74) is 1.50. The maximum Gasteiger partial charge on any atom is 0.314 e. The fourth-order valence-electron chi connectivity index (χ4n) is 6.23. The van der Waals surface area contributed by atoms with Gasteiger partial charge in [0, 0.05) is 32.6 Å². The number of ether oxygens (including phenoxy) is 3. The molecule has 3 amide bonds. The summed E-state index contributed by atoms with van der Waals surface area (Å²) in [5, 5.41) is 5.86. The molecule has 0 spiro atoms. The van der Waals surface area contributed by atoms with Crippen molar-refractivity contribution < 1.29 is 33.4 Å². The van der Waals surface area contributed by atoms with E-state index in [0.717, 1.165) is 35.3 Å². The Morgan fingerprint density at radius 1 is 1.09 bits per heavy atom. The van der Waals surface area contributed by atoms with E-state index in [1.54, 1.807) is 24.0 Å². The number of aromatic nitrogens is 2. The van der Waals surface area contributed by atoms with Gasteiger partial charge < -0.3 is 34.3 Å². The van der Waals surface area contributed by atoms with Gasteiger partial charge in [0.1, 0.15) is 12.4 Å². The SMILES string of the molecule is CCOC(=O)C1(CC2CC2)CNC(=O)CCCN(C(=O)Cn2c(C)nc3ccccc32)CCNC(=O)COc2cc(ccc2OC)C1. The van der Waals surface area contributed by atoms with Gasteiger partial charge in [0.25, 0.3) is 5.91 Å². The van der Waals surface area contributed by atoms with Crippen LogP contribution in [0.5, 0.6) is 11.5 Å². The quantitative estimate of drug-likeness (QED) is 0.373. The van der Waals surface area contributed by atoms with Gasteiger partial charge >= 0.3 is 5.97 Å². The fraction of sp³-hybridized carbons (Fsp3) is 0.514. The number of methoxy groups -OCH3 is 1. The molecule has 2 heterocycles. The van der Waals surface area contributed by atoms with Crippen molar-refractivity contribution in [3.63, 3.8) is 0 Å². The molecule has 5 rings (SSSR count). The number of amides is 3. The lowest BCUT2D eigenvalue weighted by Gasteiger charge is -2.32. The number of carbonyl (C=O) groups excluding carboxylic acids is 4. The van der Waals surface area contributed by atoms with Gasteiger partial charge in [0.05, 0.1) is 30.2 Å². The Morgan fingerprint density at radius 2 is 1.89 bits per heavy atom. The van der Waals surface area contributed by atoms with Crippen LogP contribution >= 0.6 is 0 Å². The van der Waals surface area contributed by atoms with Crippen LogP contribution in [0.1, 0.15) is 50.4 Å². The Balaban J connectivity index is 1.37. The van der Waals surface area contributed by atoms with Crippen LogP contribution in [-0.4, -0.2) is 84.6 Å². The number of hydrogen-bond acceptors (Lipinski definition) is 8. The average Bonchev–Trinajstić information content (AvgIpc) is 3.82. The van der Waals surface area contributed by atoms with Crippen LogP contribution in [0, 0.1) is 18.3 Å². The van der Waals surface area contributed by atoms with Crippen LogP contribution in [0.2, 0.25) is 0 Å². The Bertz CT molecular complexity index is 1600. The second kappa shape index (κ2) is 15.3. The van der Waals surface area contributed by atoms with E-state index in [4.69, 9.17) is 14.2 Å². The molecular formula is C35H45N5O7. The molecule has 1 aliphatic carbocycles. The van der Waals surface area contributed by atoms with Crippen molar-refractivity contribution in [3.8, 4) is 11.5 Å². The highest BCUT2D eigenvalue weighted by molar-refractivity contribution is 5.82. The van der Waals surface area contributed by atoms with Gasteiger partial charge in [0.15, 0.2) is 18.1 Å². The number of imidazole rings is 1. The highest BCUT2D eigenvalue weighted by atomic mass is 16.5. The third-order valence-electron chi connectivity index (χ3n) is 8.87. The molecule has 1 unspecified atom stereocenters. The van der Waals surface area contributed by atoms with Crippen molar-refractivity contribution in [1.29, 1.82) is 0 Å². The third-order valence-corrected chi connectivity index (χ3v) is 8.87. The molecule has 12 nitrogen and oxygen atoms in total. The molecule has 1 saturated carbocycles. The van der Waals surface area contributed by atoms with Crippen LogP contribution in [0.15, 0.2) is 42.5 Å². The predicted octanol–water partition coefficient (Wildman–Crippen LogP) is 3.18. The Morgan fingerprint density at radius 3 is 2.66 bits per heavy atom. The summed E-state index contributed by atoms with van der Waals surface area (Å²) in [4.78, 5) is 59.5. The van der Waals surface area contributed by atoms with E-state index in [1.807, 2.05) is 41.8 Å². The summed E-state index contributed by atoms with van der Waals surface area (Å²) >= 11 is 0. The molecule has 1 fully saturated rings. The average molecular weight is 648 g/mol. The zero-order valence-corrected chi connectivity index (χ0v) is 27.5. The number of esters is 1. The van der Waals surface area contributed by atoms with Crippen molar-refractivity contribution in [1.82, 2.24) is 25.1 Å². The number of rotatable bonds is 7. The number of nitrogens with zero attached hydrogens (tertiary/aromatic N) is 3. The second-order valence-electron chi connectivity index (χ2n) is 12.4. The van der Waals surface area contributed by atoms with Gasteiger partial charge in [-0.1, -0.05) is 31.0 Å². The van der Waals surface area contributed by atoms with E-state index < -0.39 is 5.41 Å². The molecule has 0 saturated heterocycles. The molecule has 3 aromatic rings. The number of hydrogen-bond donors (Lipinski definition) is 2. The molecule has 2 bridgehead atoms. The van der Waals surface area contributed by atoms with E-state index in [1.165, 1.54) is 7.11 Å². The van der Waals surface area contributed by atoms with Crippen molar-refractivity contribution in [3.05, 3.63) is 53.9 Å². The molecule has 1 aromatic heterocycles. The molecule has 252 valence electrons. The highest BCUT2D eigenvalue weighted by Crippen LogP contribution is 2.43. The number of aryl methyl sites for hydroxylation is 1. The van der Waals surface area contributed by atoms with E-state index >= 15 is 0 Å². The molecule has 1 aliphatic heterocycles. The second-order valence-corrected chi connectivity index (χ2v) is 12.4. The van der Waals surface area contributed by atoms with E-state index in [2.05, 4.69) is 15.6 Å². The number of para-hydroxylation sites is 2. The van der Waals surface area contributed by atoms with Gasteiger partial charge in [-0.3, -0.25) is 19.2 Å². The molecule has 1 atom stereocenters. The van der Waals surface area contributed by atoms with E-state index in [0.29, 0.717) is 43.2 Å². The van der Waals surface area contributed by atoms with Crippen LogP contribution in [-0.2, 0) is 36.9 Å². The molecule has 2 aromatic carbocycles. The monoisotopic (exact) mass is 647 g/mol. The fourth-order valence-corrected chi connectivity index (χ4v) is 6.23. The summed E-state index contributed by atoms with van der Waals surface area (Å²) in [7, 11) is 1.52. The zero-order chi connectivity index (χ0) is 33.4. The van der Waals surface area contributed by atoms with Gasteiger partial charge in [-0.15, -0.1) is 0 Å². The van der Waals surface area contributed by atoms with E-state index in [9.17, 15) is 19.2 Å². The summed E-state index contributed by atoms with van der Waals surface area (Å²) in [6.07, 6.45) is 3.54. The van der Waals surface area contributed by atoms with Gasteiger partial charge in [0.2, 0.25) is 11.8 Å². The lowest BCUT2D eigenvalue weighted by molar-refractivity contribution is -0.156. The van der Waals surface area contributed by atoms with Crippen molar-refractivity contribution in [2.24, 2.45) is 11.3 Å². The lowest BCUT2D eigenvalue weighted by atomic mass is 9.76. The first-order valence-corrected chi connectivity index (χ1v) is 16.4. The van der Waals surface area contributed by atoms with E-state index in [-0.39, 0.29) is 69.5 Å². The number of carbonyl (C=O) groups is 4. The van der Waals surface area contributed by atoms with Crippen molar-refractivity contribution in [2.75, 3.05) is 46.5 Å². The van der Waals surface area contributed by atoms with Crippen LogP contribution in [0.4, 0.5) is 0 Å². The molecule has 12 heteroatoms. The maximum atomic E-state index is 13.6. The normalized spacial score (nSPS) is 19.9. The number of fused-ring (bicyclic) bond motifs is 3. The van der Waals surface area contributed by atoms with Gasteiger partial charge in [-0.05, 0) is 68.9 Å². The van der Waals surface area contributed by atoms with Crippen LogP contribution in [0.3, 0.4) is 0 Å². The van der Waals surface area contributed by atoms with Crippen molar-refractivity contribution >= 4 is 34.7 Å². The van der Waals surface area contributed by atoms with Crippen molar-refractivity contribution in [2.45, 2.75) is 58.9 Å². The predicted molar refractivity (Wildman–Crippen MR) is 175 cm³/mol. The summed E-state index contributed by atoms with van der Waals surface area (Å²) < 4.78 is 18.8. The Kier molecular flexibility index (Phi) is 11.0. The highest BCUT2D eigenvalue weighted by Gasteiger charge is 2.44. The van der Waals surface area contributed by atoms with Crippen LogP contribution in [0.25, 0.3) is 11.0 Å². The molecule has 47 heavy (non-hydrogen) atoms. The minimum absolute atomic E-state index is 0.0783. The first-order chi connectivity index (χ1) is 22.7. The summed E-state index contributed by atoms with van der Waals surface area (Å²) in [6, 6.07) is 13.0. The molecule has 2 aliphatic rings. The number of nitrogens with one attached hydrogen (secondary N) is 2. The third kappa shape index (κ3) is 8.60.